The Hall–Kier alpha value is -1.49. The summed E-state index contributed by atoms with van der Waals surface area (Å²) in [5.41, 5.74) is 9.12. The summed E-state index contributed by atoms with van der Waals surface area (Å²) in [5.74, 6) is 0.770. The Morgan fingerprint density at radius 3 is 2.09 bits per heavy atom. The van der Waals surface area contributed by atoms with Crippen LogP contribution in [0.2, 0.25) is 0 Å². The molecule has 22 heavy (non-hydrogen) atoms. The standard InChI is InChI=1S/C15H25N3O.C2H6.FH/c1-11(2)17-5-7-18(8-6-17)14-10-15(19-4)13(16)9-12(14)3;1-2;/h9-11H,5-8,16H2,1-4H3;1-2H3;1H. The molecule has 2 rings (SSSR count). The fourth-order valence-electron chi connectivity index (χ4n) is 2.70. The molecule has 1 saturated heterocycles. The molecular formula is C17H32FN3O. The number of piperazine rings is 1. The largest absolute Gasteiger partial charge is 0.495 e. The van der Waals surface area contributed by atoms with Crippen LogP contribution in [0.25, 0.3) is 0 Å². The van der Waals surface area contributed by atoms with Crippen molar-refractivity contribution in [1.82, 2.24) is 4.90 Å². The van der Waals surface area contributed by atoms with Crippen molar-refractivity contribution in [2.24, 2.45) is 0 Å². The highest BCUT2D eigenvalue weighted by molar-refractivity contribution is 5.66. The summed E-state index contributed by atoms with van der Waals surface area (Å²) in [6.07, 6.45) is 0. The number of ether oxygens (including phenoxy) is 1. The van der Waals surface area contributed by atoms with Crippen molar-refractivity contribution in [2.45, 2.75) is 40.7 Å². The lowest BCUT2D eigenvalue weighted by Crippen LogP contribution is -2.49. The van der Waals surface area contributed by atoms with Crippen molar-refractivity contribution in [1.29, 1.82) is 0 Å². The van der Waals surface area contributed by atoms with Gasteiger partial charge in [0, 0.05) is 44.0 Å². The maximum Gasteiger partial charge on any atom is 0.143 e. The third-order valence-corrected chi connectivity index (χ3v) is 3.93. The zero-order valence-corrected chi connectivity index (χ0v) is 14.8. The predicted octanol–water partition coefficient (Wildman–Crippen LogP) is 3.29. The van der Waals surface area contributed by atoms with Crippen LogP contribution in [-0.2, 0) is 0 Å². The van der Waals surface area contributed by atoms with Crippen molar-refractivity contribution < 1.29 is 9.44 Å². The van der Waals surface area contributed by atoms with Crippen LogP contribution < -0.4 is 15.4 Å². The molecule has 4 nitrogen and oxygen atoms in total. The molecule has 1 aromatic rings. The SMILES string of the molecule is CC.COc1cc(N2CCN(C(C)C)CC2)c(C)cc1N.F. The van der Waals surface area contributed by atoms with Crippen LogP contribution in [0, 0.1) is 6.92 Å². The molecule has 0 aliphatic carbocycles. The van der Waals surface area contributed by atoms with E-state index in [0.29, 0.717) is 11.7 Å². The minimum atomic E-state index is 0. The summed E-state index contributed by atoms with van der Waals surface area (Å²) in [6.45, 7) is 15.0. The third kappa shape index (κ3) is 4.77. The Labute approximate surface area is 134 Å². The fraction of sp³-hybridized carbons (Fsp3) is 0.647. The van der Waals surface area contributed by atoms with Gasteiger partial charge >= 0.3 is 0 Å². The number of anilines is 2. The quantitative estimate of drug-likeness (QED) is 0.870. The molecule has 0 bridgehead atoms. The lowest BCUT2D eigenvalue weighted by Gasteiger charge is -2.38. The molecule has 0 amide bonds. The first-order valence-corrected chi connectivity index (χ1v) is 7.96. The van der Waals surface area contributed by atoms with Gasteiger partial charge in [0.2, 0.25) is 0 Å². The van der Waals surface area contributed by atoms with Crippen LogP contribution in [0.1, 0.15) is 33.3 Å². The number of nitrogen functional groups attached to an aromatic ring is 1. The second-order valence-electron chi connectivity index (χ2n) is 5.50. The molecule has 0 radical (unpaired) electrons. The van der Waals surface area contributed by atoms with Gasteiger partial charge in [-0.15, -0.1) is 0 Å². The van der Waals surface area contributed by atoms with Gasteiger partial charge in [-0.1, -0.05) is 13.8 Å². The van der Waals surface area contributed by atoms with Gasteiger partial charge in [0.25, 0.3) is 0 Å². The molecule has 128 valence electrons. The third-order valence-electron chi connectivity index (χ3n) is 3.93. The predicted molar refractivity (Wildman–Crippen MR) is 94.9 cm³/mol. The number of benzene rings is 1. The van der Waals surface area contributed by atoms with E-state index in [2.05, 4.69) is 36.6 Å². The molecule has 0 atom stereocenters. The summed E-state index contributed by atoms with van der Waals surface area (Å²) in [5, 5.41) is 0. The van der Waals surface area contributed by atoms with Crippen LogP contribution in [0.4, 0.5) is 16.1 Å². The number of halogens is 1. The van der Waals surface area contributed by atoms with Gasteiger partial charge in [0.05, 0.1) is 12.8 Å². The number of hydrogen-bond donors (Lipinski definition) is 1. The molecule has 0 spiro atoms. The van der Waals surface area contributed by atoms with E-state index in [4.69, 9.17) is 10.5 Å². The van der Waals surface area contributed by atoms with E-state index in [1.54, 1.807) is 7.11 Å². The first-order valence-electron chi connectivity index (χ1n) is 7.96. The normalized spacial score (nSPS) is 15.0. The fourth-order valence-corrected chi connectivity index (χ4v) is 2.70. The minimum absolute atomic E-state index is 0. The van der Waals surface area contributed by atoms with E-state index in [-0.39, 0.29) is 4.70 Å². The van der Waals surface area contributed by atoms with E-state index < -0.39 is 0 Å². The van der Waals surface area contributed by atoms with Gasteiger partial charge in [-0.2, -0.15) is 0 Å². The lowest BCUT2D eigenvalue weighted by molar-refractivity contribution is 0.209. The first-order chi connectivity index (χ1) is 10.0. The van der Waals surface area contributed by atoms with Crippen LogP contribution in [0.5, 0.6) is 5.75 Å². The molecule has 1 heterocycles. The van der Waals surface area contributed by atoms with E-state index in [1.807, 2.05) is 19.9 Å². The Balaban J connectivity index is 0.00000141. The molecule has 0 aromatic heterocycles. The minimum Gasteiger partial charge on any atom is -0.495 e. The monoisotopic (exact) mass is 313 g/mol. The van der Waals surface area contributed by atoms with Gasteiger partial charge in [0.15, 0.2) is 0 Å². The van der Waals surface area contributed by atoms with Crippen LogP contribution >= 0.6 is 0 Å². The average molecular weight is 313 g/mol. The summed E-state index contributed by atoms with van der Waals surface area (Å²) in [7, 11) is 1.67. The Bertz CT molecular complexity index is 444. The molecule has 1 fully saturated rings. The van der Waals surface area contributed by atoms with Crippen molar-refractivity contribution >= 4 is 11.4 Å². The Kier molecular flexibility index (Phi) is 8.87. The summed E-state index contributed by atoms with van der Waals surface area (Å²) < 4.78 is 5.33. The van der Waals surface area contributed by atoms with Crippen molar-refractivity contribution in [3.05, 3.63) is 17.7 Å². The molecule has 0 saturated carbocycles. The highest BCUT2D eigenvalue weighted by Gasteiger charge is 2.20. The van der Waals surface area contributed by atoms with Crippen molar-refractivity contribution in [3.8, 4) is 5.75 Å². The van der Waals surface area contributed by atoms with E-state index in [0.717, 1.165) is 31.9 Å². The maximum absolute atomic E-state index is 5.94. The summed E-state index contributed by atoms with van der Waals surface area (Å²) >= 11 is 0. The Morgan fingerprint density at radius 1 is 1.09 bits per heavy atom. The van der Waals surface area contributed by atoms with Gasteiger partial charge in [-0.3, -0.25) is 9.60 Å². The highest BCUT2D eigenvalue weighted by Crippen LogP contribution is 2.31. The van der Waals surface area contributed by atoms with E-state index in [9.17, 15) is 0 Å². The number of nitrogens with zero attached hydrogens (tertiary/aromatic N) is 2. The first kappa shape index (κ1) is 20.5. The van der Waals surface area contributed by atoms with Gasteiger partial charge in [0.1, 0.15) is 5.75 Å². The summed E-state index contributed by atoms with van der Waals surface area (Å²) in [4.78, 5) is 4.94. The number of aryl methyl sites for hydroxylation is 1. The van der Waals surface area contributed by atoms with Crippen LogP contribution in [0.3, 0.4) is 0 Å². The molecule has 1 aliphatic heterocycles. The zero-order chi connectivity index (χ0) is 16.0. The average Bonchev–Trinajstić information content (AvgIpc) is 2.49. The zero-order valence-electron chi connectivity index (χ0n) is 14.8. The number of nitrogens with two attached hydrogens (primary N) is 1. The number of hydrogen-bond acceptors (Lipinski definition) is 4. The van der Waals surface area contributed by atoms with Crippen molar-refractivity contribution in [2.75, 3.05) is 43.9 Å². The van der Waals surface area contributed by atoms with Crippen LogP contribution in [-0.4, -0.2) is 44.2 Å². The topological polar surface area (TPSA) is 41.7 Å². The van der Waals surface area contributed by atoms with Gasteiger partial charge < -0.3 is 15.4 Å². The van der Waals surface area contributed by atoms with E-state index in [1.165, 1.54) is 11.3 Å². The lowest BCUT2D eigenvalue weighted by atomic mass is 10.1. The van der Waals surface area contributed by atoms with Gasteiger partial charge in [-0.05, 0) is 32.4 Å². The second kappa shape index (κ2) is 9.51. The molecule has 5 heteroatoms. The molecule has 2 N–H and O–H groups in total. The number of methoxy groups -OCH3 is 1. The van der Waals surface area contributed by atoms with E-state index >= 15 is 0 Å². The van der Waals surface area contributed by atoms with Crippen LogP contribution in [0.15, 0.2) is 12.1 Å². The highest BCUT2D eigenvalue weighted by atomic mass is 19.0. The molecule has 1 aromatic carbocycles. The molecule has 1 aliphatic rings. The molecule has 0 unspecified atom stereocenters. The number of rotatable bonds is 3. The Morgan fingerprint density at radius 2 is 1.64 bits per heavy atom. The maximum atomic E-state index is 5.94. The van der Waals surface area contributed by atoms with Crippen molar-refractivity contribution in [3.63, 3.8) is 0 Å². The van der Waals surface area contributed by atoms with Gasteiger partial charge in [-0.25, -0.2) is 0 Å². The summed E-state index contributed by atoms with van der Waals surface area (Å²) in [6, 6.07) is 4.70. The smallest absolute Gasteiger partial charge is 0.143 e. The molecular weight excluding hydrogens is 281 g/mol. The second-order valence-corrected chi connectivity index (χ2v) is 5.50.